The van der Waals surface area contributed by atoms with Gasteiger partial charge in [-0.1, -0.05) is 24.3 Å². The van der Waals surface area contributed by atoms with Crippen molar-refractivity contribution < 1.29 is 39.5 Å². The van der Waals surface area contributed by atoms with Crippen LogP contribution in [0, 0.1) is 0 Å². The lowest BCUT2D eigenvalue weighted by Crippen LogP contribution is -2.39. The molecule has 1 heterocycles. The van der Waals surface area contributed by atoms with Gasteiger partial charge in [0.1, 0.15) is 39.4 Å². The van der Waals surface area contributed by atoms with Crippen LogP contribution in [0.15, 0.2) is 69.9 Å². The van der Waals surface area contributed by atoms with Gasteiger partial charge in [-0.3, -0.25) is 14.4 Å². The van der Waals surface area contributed by atoms with Crippen molar-refractivity contribution in [1.82, 2.24) is 0 Å². The van der Waals surface area contributed by atoms with Gasteiger partial charge in [-0.25, -0.2) is 0 Å². The van der Waals surface area contributed by atoms with Gasteiger partial charge in [0.2, 0.25) is 0 Å². The maximum absolute atomic E-state index is 12.7. The van der Waals surface area contributed by atoms with Crippen LogP contribution in [0.1, 0.15) is 23.1 Å². The largest absolute Gasteiger partial charge is 0.508 e. The molecule has 1 unspecified atom stereocenters. The summed E-state index contributed by atoms with van der Waals surface area (Å²) in [6.07, 6.45) is -0.356. The maximum atomic E-state index is 12.7. The summed E-state index contributed by atoms with van der Waals surface area (Å²) >= 11 is 0. The Hall–Kier alpha value is -4.83. The van der Waals surface area contributed by atoms with E-state index in [-0.39, 0.29) is 39.2 Å². The Labute approximate surface area is 209 Å². The Bertz CT molecular complexity index is 1570. The second-order valence-electron chi connectivity index (χ2n) is 8.56. The first-order valence-corrected chi connectivity index (χ1v) is 11.1. The quantitative estimate of drug-likeness (QED) is 0.207. The average molecular weight is 505 g/mol. The molecule has 3 aromatic carbocycles. The summed E-state index contributed by atoms with van der Waals surface area (Å²) in [7, 11) is 0. The molecule has 10 nitrogen and oxygen atoms in total. The number of rotatable bonds is 8. The van der Waals surface area contributed by atoms with E-state index in [9.17, 15) is 39.9 Å². The molecule has 0 aliphatic rings. The van der Waals surface area contributed by atoms with E-state index >= 15 is 0 Å². The predicted octanol–water partition coefficient (Wildman–Crippen LogP) is 2.92. The second-order valence-corrected chi connectivity index (χ2v) is 8.56. The molecule has 0 amide bonds. The van der Waals surface area contributed by atoms with Crippen molar-refractivity contribution in [2.75, 3.05) is 6.54 Å². The Balaban J connectivity index is 1.96. The molecule has 0 saturated heterocycles. The lowest BCUT2D eigenvalue weighted by Gasteiger charge is -2.30. The molecule has 4 aromatic rings. The van der Waals surface area contributed by atoms with Crippen molar-refractivity contribution in [3.63, 3.8) is 0 Å². The van der Waals surface area contributed by atoms with Gasteiger partial charge in [0.25, 0.3) is 0 Å². The van der Waals surface area contributed by atoms with E-state index in [1.54, 1.807) is 12.1 Å². The summed E-state index contributed by atoms with van der Waals surface area (Å²) in [4.78, 5) is 37.3. The average Bonchev–Trinajstić information content (AvgIpc) is 2.82. The van der Waals surface area contributed by atoms with Crippen LogP contribution in [0.4, 0.5) is 0 Å². The number of carbonyl (C=O) groups is 2. The number of phenolic OH excluding ortho intramolecular Hbond substituents is 3. The molecular weight excluding hydrogens is 482 g/mol. The molecule has 0 fully saturated rings. The van der Waals surface area contributed by atoms with Gasteiger partial charge < -0.3 is 35.7 Å². The van der Waals surface area contributed by atoms with E-state index in [4.69, 9.17) is 10.2 Å². The SMILES string of the molecule is NCCc1ccc(C(CC(=O)O)(C(=O)O)c2cc(-c3cc(=O)c4c(O)cc(O)cc4o3)ccc2O)cc1. The van der Waals surface area contributed by atoms with Crippen LogP contribution in [0.25, 0.3) is 22.3 Å². The standard InChI is InChI=1S/C27H23NO9/c28-8-7-14-1-4-16(5-2-14)27(26(35)36,13-24(33)34)18-9-15(3-6-19(18)30)22-12-21(32)25-20(31)10-17(29)11-23(25)37-22/h1-6,9-12,29-31H,7-8,13,28H2,(H,33,34)(H,35,36). The monoisotopic (exact) mass is 505 g/mol. The molecule has 0 radical (unpaired) electrons. The lowest BCUT2D eigenvalue weighted by molar-refractivity contribution is -0.148. The highest BCUT2D eigenvalue weighted by molar-refractivity contribution is 5.92. The van der Waals surface area contributed by atoms with Crippen LogP contribution < -0.4 is 11.2 Å². The van der Waals surface area contributed by atoms with Crippen molar-refractivity contribution in [2.45, 2.75) is 18.3 Å². The summed E-state index contributed by atoms with van der Waals surface area (Å²) in [6.45, 7) is 0.369. The molecule has 0 aliphatic heterocycles. The Morgan fingerprint density at radius 1 is 0.892 bits per heavy atom. The number of hydrogen-bond acceptors (Lipinski definition) is 8. The molecule has 0 bridgehead atoms. The van der Waals surface area contributed by atoms with E-state index in [2.05, 4.69) is 0 Å². The number of aromatic hydroxyl groups is 3. The third-order valence-corrected chi connectivity index (χ3v) is 6.20. The van der Waals surface area contributed by atoms with E-state index in [1.807, 2.05) is 0 Å². The van der Waals surface area contributed by atoms with E-state index in [1.165, 1.54) is 30.3 Å². The van der Waals surface area contributed by atoms with Gasteiger partial charge in [0.15, 0.2) is 5.43 Å². The van der Waals surface area contributed by atoms with Crippen LogP contribution in [-0.4, -0.2) is 44.0 Å². The summed E-state index contributed by atoms with van der Waals surface area (Å²) in [6, 6.07) is 13.2. The van der Waals surface area contributed by atoms with Crippen LogP contribution in [0.2, 0.25) is 0 Å². The number of carboxylic acids is 2. The lowest BCUT2D eigenvalue weighted by atomic mass is 9.71. The minimum absolute atomic E-state index is 0.0587. The van der Waals surface area contributed by atoms with Crippen molar-refractivity contribution in [3.05, 3.63) is 87.6 Å². The van der Waals surface area contributed by atoms with Crippen molar-refractivity contribution in [2.24, 2.45) is 5.73 Å². The molecule has 0 aliphatic carbocycles. The molecule has 1 aromatic heterocycles. The number of hydrogen-bond donors (Lipinski definition) is 6. The normalized spacial score (nSPS) is 12.8. The number of phenols is 3. The highest BCUT2D eigenvalue weighted by Crippen LogP contribution is 2.43. The molecule has 1 atom stereocenters. The van der Waals surface area contributed by atoms with Gasteiger partial charge in [0.05, 0.1) is 6.42 Å². The van der Waals surface area contributed by atoms with E-state index in [0.717, 1.165) is 23.8 Å². The predicted molar refractivity (Wildman–Crippen MR) is 133 cm³/mol. The third-order valence-electron chi connectivity index (χ3n) is 6.20. The fraction of sp³-hybridized carbons (Fsp3) is 0.148. The first kappa shape index (κ1) is 25.3. The minimum atomic E-state index is -2.19. The number of carboxylic acid groups (broad SMARTS) is 2. The van der Waals surface area contributed by atoms with Crippen LogP contribution in [0.3, 0.4) is 0 Å². The Kier molecular flexibility index (Phi) is 6.60. The number of fused-ring (bicyclic) bond motifs is 1. The maximum Gasteiger partial charge on any atom is 0.319 e. The second kappa shape index (κ2) is 9.67. The van der Waals surface area contributed by atoms with Gasteiger partial charge in [-0.2, -0.15) is 0 Å². The van der Waals surface area contributed by atoms with Crippen LogP contribution in [-0.2, 0) is 21.4 Å². The highest BCUT2D eigenvalue weighted by atomic mass is 16.4. The molecule has 4 rings (SSSR count). The van der Waals surface area contributed by atoms with Crippen LogP contribution >= 0.6 is 0 Å². The van der Waals surface area contributed by atoms with Crippen molar-refractivity contribution in [1.29, 1.82) is 0 Å². The zero-order valence-corrected chi connectivity index (χ0v) is 19.3. The van der Waals surface area contributed by atoms with E-state index in [0.29, 0.717) is 13.0 Å². The van der Waals surface area contributed by atoms with Gasteiger partial charge in [-0.15, -0.1) is 0 Å². The molecule has 10 heteroatoms. The Morgan fingerprint density at radius 2 is 1.59 bits per heavy atom. The molecule has 0 spiro atoms. The van der Waals surface area contributed by atoms with Crippen LogP contribution in [0.5, 0.6) is 17.2 Å². The highest BCUT2D eigenvalue weighted by Gasteiger charge is 2.46. The Morgan fingerprint density at radius 3 is 2.22 bits per heavy atom. The molecular formula is C27H23NO9. The molecule has 37 heavy (non-hydrogen) atoms. The van der Waals surface area contributed by atoms with Crippen molar-refractivity contribution in [3.8, 4) is 28.6 Å². The number of benzene rings is 3. The molecule has 0 saturated carbocycles. The van der Waals surface area contributed by atoms with Gasteiger partial charge in [-0.05, 0) is 42.3 Å². The first-order chi connectivity index (χ1) is 17.6. The van der Waals surface area contributed by atoms with Gasteiger partial charge >= 0.3 is 11.9 Å². The molecule has 7 N–H and O–H groups in total. The van der Waals surface area contributed by atoms with Gasteiger partial charge in [0, 0.05) is 29.3 Å². The summed E-state index contributed by atoms with van der Waals surface area (Å²) in [5.41, 5.74) is 3.50. The fourth-order valence-electron chi connectivity index (χ4n) is 4.44. The number of aliphatic carboxylic acids is 2. The fourth-order valence-corrected chi connectivity index (χ4v) is 4.44. The zero-order chi connectivity index (χ0) is 26.9. The third kappa shape index (κ3) is 4.57. The minimum Gasteiger partial charge on any atom is -0.508 e. The number of nitrogens with two attached hydrogens (primary N) is 1. The van der Waals surface area contributed by atoms with E-state index < -0.39 is 40.7 Å². The summed E-state index contributed by atoms with van der Waals surface area (Å²) in [5, 5.41) is 50.4. The molecule has 190 valence electrons. The smallest absolute Gasteiger partial charge is 0.319 e. The first-order valence-electron chi connectivity index (χ1n) is 11.1. The van der Waals surface area contributed by atoms with Crippen molar-refractivity contribution >= 4 is 22.9 Å². The summed E-state index contributed by atoms with van der Waals surface area (Å²) < 4.78 is 5.71. The summed E-state index contributed by atoms with van der Waals surface area (Å²) in [5.74, 6) is -4.29. The zero-order valence-electron chi connectivity index (χ0n) is 19.3. The topological polar surface area (TPSA) is 192 Å².